The van der Waals surface area contributed by atoms with Crippen LogP contribution in [0.25, 0.3) is 0 Å². The Kier molecular flexibility index (Phi) is 4.91. The molecule has 0 amide bonds. The average molecular weight is 341 g/mol. The van der Waals surface area contributed by atoms with Crippen LogP contribution < -0.4 is 11.3 Å². The van der Waals surface area contributed by atoms with Gasteiger partial charge >= 0.3 is 0 Å². The highest BCUT2D eigenvalue weighted by Gasteiger charge is 2.20. The van der Waals surface area contributed by atoms with Crippen molar-refractivity contribution in [2.24, 2.45) is 5.84 Å². The van der Waals surface area contributed by atoms with Gasteiger partial charge in [0.05, 0.1) is 22.4 Å². The summed E-state index contributed by atoms with van der Waals surface area (Å²) < 4.78 is 15.8. The van der Waals surface area contributed by atoms with Gasteiger partial charge in [0.15, 0.2) is 0 Å². The van der Waals surface area contributed by atoms with Crippen LogP contribution >= 0.6 is 15.9 Å². The molecule has 108 valence electrons. The maximum absolute atomic E-state index is 13.0. The Balaban J connectivity index is 2.28. The van der Waals surface area contributed by atoms with Crippen molar-refractivity contribution in [2.45, 2.75) is 32.4 Å². The number of hydrogen-bond donors (Lipinski definition) is 2. The zero-order valence-corrected chi connectivity index (χ0v) is 13.1. The Morgan fingerprint density at radius 2 is 2.00 bits per heavy atom. The van der Waals surface area contributed by atoms with Crippen molar-refractivity contribution < 1.29 is 4.39 Å². The monoisotopic (exact) mass is 340 g/mol. The molecule has 1 atom stereocenters. The SMILES string of the molecule is CC(C)n1ncc(Br)c1C(Cc1ccc(F)cc1)NN. The van der Waals surface area contributed by atoms with Gasteiger partial charge in [0, 0.05) is 6.04 Å². The molecular weight excluding hydrogens is 323 g/mol. The van der Waals surface area contributed by atoms with Crippen LogP contribution in [0.4, 0.5) is 4.39 Å². The van der Waals surface area contributed by atoms with Crippen LogP contribution in [0.5, 0.6) is 0 Å². The van der Waals surface area contributed by atoms with Gasteiger partial charge in [-0.1, -0.05) is 12.1 Å². The molecule has 1 heterocycles. The normalized spacial score (nSPS) is 12.9. The second-order valence-electron chi connectivity index (χ2n) is 4.97. The van der Waals surface area contributed by atoms with Gasteiger partial charge in [0.25, 0.3) is 0 Å². The van der Waals surface area contributed by atoms with E-state index in [0.717, 1.165) is 15.7 Å². The summed E-state index contributed by atoms with van der Waals surface area (Å²) in [4.78, 5) is 0. The molecular formula is C14H18BrFN4. The predicted octanol–water partition coefficient (Wildman–Crippen LogP) is 3.11. The third-order valence-corrected chi connectivity index (χ3v) is 3.77. The maximum Gasteiger partial charge on any atom is 0.123 e. The van der Waals surface area contributed by atoms with Gasteiger partial charge in [-0.3, -0.25) is 16.0 Å². The maximum atomic E-state index is 13.0. The molecule has 0 fully saturated rings. The summed E-state index contributed by atoms with van der Waals surface area (Å²) in [6, 6.07) is 6.59. The molecule has 0 aliphatic heterocycles. The molecule has 20 heavy (non-hydrogen) atoms. The number of hydrogen-bond acceptors (Lipinski definition) is 3. The second kappa shape index (κ2) is 6.47. The van der Waals surface area contributed by atoms with E-state index in [4.69, 9.17) is 5.84 Å². The first-order valence-corrected chi connectivity index (χ1v) is 7.25. The van der Waals surface area contributed by atoms with Crippen LogP contribution in [0.2, 0.25) is 0 Å². The Hall–Kier alpha value is -1.24. The summed E-state index contributed by atoms with van der Waals surface area (Å²) >= 11 is 3.51. The molecule has 0 aliphatic carbocycles. The summed E-state index contributed by atoms with van der Waals surface area (Å²) in [7, 11) is 0. The van der Waals surface area contributed by atoms with Gasteiger partial charge in [0.2, 0.25) is 0 Å². The van der Waals surface area contributed by atoms with E-state index in [2.05, 4.69) is 40.3 Å². The van der Waals surface area contributed by atoms with Crippen molar-refractivity contribution in [3.8, 4) is 0 Å². The molecule has 4 nitrogen and oxygen atoms in total. The molecule has 1 aromatic carbocycles. The van der Waals surface area contributed by atoms with Gasteiger partial charge in [-0.05, 0) is 53.9 Å². The third kappa shape index (κ3) is 3.26. The first kappa shape index (κ1) is 15.2. The smallest absolute Gasteiger partial charge is 0.123 e. The minimum absolute atomic E-state index is 0.0975. The van der Waals surface area contributed by atoms with E-state index in [1.165, 1.54) is 12.1 Å². The fraction of sp³-hybridized carbons (Fsp3) is 0.357. The van der Waals surface area contributed by atoms with Crippen molar-refractivity contribution in [3.63, 3.8) is 0 Å². The average Bonchev–Trinajstić information content (AvgIpc) is 2.80. The summed E-state index contributed by atoms with van der Waals surface area (Å²) in [5.74, 6) is 5.46. The minimum Gasteiger partial charge on any atom is -0.271 e. The molecule has 1 unspecified atom stereocenters. The van der Waals surface area contributed by atoms with Gasteiger partial charge in [-0.15, -0.1) is 0 Å². The summed E-state index contributed by atoms with van der Waals surface area (Å²) in [5, 5.41) is 4.35. The lowest BCUT2D eigenvalue weighted by Crippen LogP contribution is -2.32. The molecule has 0 saturated heterocycles. The van der Waals surface area contributed by atoms with Crippen LogP contribution in [-0.2, 0) is 6.42 Å². The molecule has 0 spiro atoms. The summed E-state index contributed by atoms with van der Waals surface area (Å²) in [5.41, 5.74) is 4.82. The molecule has 3 N–H and O–H groups in total. The molecule has 0 radical (unpaired) electrons. The fourth-order valence-corrected chi connectivity index (χ4v) is 2.73. The van der Waals surface area contributed by atoms with Crippen LogP contribution in [0.3, 0.4) is 0 Å². The largest absolute Gasteiger partial charge is 0.271 e. The van der Waals surface area contributed by atoms with E-state index in [1.54, 1.807) is 18.3 Å². The standard InChI is InChI=1S/C14H18BrFN4/c1-9(2)20-14(12(15)8-18-20)13(19-17)7-10-3-5-11(16)6-4-10/h3-6,8-9,13,19H,7,17H2,1-2H3. The lowest BCUT2D eigenvalue weighted by Gasteiger charge is -2.20. The molecule has 0 saturated carbocycles. The zero-order chi connectivity index (χ0) is 14.7. The van der Waals surface area contributed by atoms with Gasteiger partial charge in [-0.25, -0.2) is 4.39 Å². The van der Waals surface area contributed by atoms with Crippen molar-refractivity contribution in [3.05, 3.63) is 52.0 Å². The highest BCUT2D eigenvalue weighted by atomic mass is 79.9. The summed E-state index contributed by atoms with van der Waals surface area (Å²) in [6.07, 6.45) is 2.43. The van der Waals surface area contributed by atoms with E-state index in [0.29, 0.717) is 6.42 Å². The quantitative estimate of drug-likeness (QED) is 0.649. The number of aromatic nitrogens is 2. The first-order valence-electron chi connectivity index (χ1n) is 6.46. The van der Waals surface area contributed by atoms with Crippen molar-refractivity contribution >= 4 is 15.9 Å². The Morgan fingerprint density at radius 3 is 2.55 bits per heavy atom. The number of nitrogens with zero attached hydrogens (tertiary/aromatic N) is 2. The Bertz CT molecular complexity index is 565. The lowest BCUT2D eigenvalue weighted by molar-refractivity contribution is 0.446. The number of halogens is 2. The molecule has 6 heteroatoms. The van der Waals surface area contributed by atoms with Crippen LogP contribution in [0, 0.1) is 5.82 Å². The molecule has 0 bridgehead atoms. The number of nitrogens with one attached hydrogen (secondary N) is 1. The fourth-order valence-electron chi connectivity index (χ4n) is 2.18. The zero-order valence-electron chi connectivity index (χ0n) is 11.5. The van der Waals surface area contributed by atoms with Crippen LogP contribution in [-0.4, -0.2) is 9.78 Å². The van der Waals surface area contributed by atoms with E-state index >= 15 is 0 Å². The number of benzene rings is 1. The molecule has 2 rings (SSSR count). The van der Waals surface area contributed by atoms with Gasteiger partial charge in [0.1, 0.15) is 5.82 Å². The van der Waals surface area contributed by atoms with Crippen molar-refractivity contribution in [1.82, 2.24) is 15.2 Å². The Labute approximate surface area is 126 Å². The topological polar surface area (TPSA) is 55.9 Å². The lowest BCUT2D eigenvalue weighted by atomic mass is 10.0. The highest BCUT2D eigenvalue weighted by molar-refractivity contribution is 9.10. The van der Waals surface area contributed by atoms with Gasteiger partial charge in [-0.2, -0.15) is 5.10 Å². The third-order valence-electron chi connectivity index (χ3n) is 3.16. The molecule has 1 aromatic heterocycles. The van der Waals surface area contributed by atoms with Gasteiger partial charge < -0.3 is 0 Å². The summed E-state index contributed by atoms with van der Waals surface area (Å²) in [6.45, 7) is 4.13. The Morgan fingerprint density at radius 1 is 1.35 bits per heavy atom. The first-order chi connectivity index (χ1) is 9.52. The predicted molar refractivity (Wildman–Crippen MR) is 80.5 cm³/mol. The van der Waals surface area contributed by atoms with E-state index < -0.39 is 0 Å². The van der Waals surface area contributed by atoms with Crippen molar-refractivity contribution in [2.75, 3.05) is 0 Å². The minimum atomic E-state index is -0.237. The second-order valence-corrected chi connectivity index (χ2v) is 5.82. The molecule has 2 aromatic rings. The van der Waals surface area contributed by atoms with E-state index in [1.807, 2.05) is 4.68 Å². The van der Waals surface area contributed by atoms with Crippen LogP contribution in [0.1, 0.15) is 37.2 Å². The van der Waals surface area contributed by atoms with E-state index in [-0.39, 0.29) is 17.9 Å². The van der Waals surface area contributed by atoms with Crippen LogP contribution in [0.15, 0.2) is 34.9 Å². The number of rotatable bonds is 5. The number of nitrogens with two attached hydrogens (primary N) is 1. The van der Waals surface area contributed by atoms with E-state index in [9.17, 15) is 4.39 Å². The number of hydrazine groups is 1. The molecule has 0 aliphatic rings. The van der Waals surface area contributed by atoms with Crippen molar-refractivity contribution in [1.29, 1.82) is 0 Å². The highest BCUT2D eigenvalue weighted by Crippen LogP contribution is 2.27.